The summed E-state index contributed by atoms with van der Waals surface area (Å²) in [6.45, 7) is 3.20. The highest BCUT2D eigenvalue weighted by Gasteiger charge is 2.17. The van der Waals surface area contributed by atoms with Gasteiger partial charge in [0.15, 0.2) is 0 Å². The maximum atomic E-state index is 12.2. The second kappa shape index (κ2) is 5.46. The highest BCUT2D eigenvalue weighted by atomic mass is 16.2. The van der Waals surface area contributed by atoms with E-state index in [1.54, 1.807) is 0 Å². The van der Waals surface area contributed by atoms with Gasteiger partial charge in [-0.05, 0) is 17.7 Å². The number of hydrogen-bond donors (Lipinski definition) is 1. The van der Waals surface area contributed by atoms with Gasteiger partial charge in [0.1, 0.15) is 0 Å². The van der Waals surface area contributed by atoms with Crippen molar-refractivity contribution >= 4 is 5.91 Å². The van der Waals surface area contributed by atoms with Crippen molar-refractivity contribution in [2.24, 2.45) is 0 Å². The number of carbonyl (C=O) groups excluding carboxylic acids is 1. The minimum atomic E-state index is 0.0614. The summed E-state index contributed by atoms with van der Waals surface area (Å²) in [6, 6.07) is 9.43. The van der Waals surface area contributed by atoms with Crippen LogP contribution in [0.2, 0.25) is 0 Å². The predicted octanol–water partition coefficient (Wildman–Crippen LogP) is 0.798. The standard InChI is InChI=1S/C13H15N3O/c14-5-4-11-2-1-3-12(10-11)13(17)16-8-6-15-7-9-16/h1-3,10,15H,4,6-9H2. The van der Waals surface area contributed by atoms with Crippen LogP contribution in [-0.2, 0) is 6.42 Å². The summed E-state index contributed by atoms with van der Waals surface area (Å²) in [5.41, 5.74) is 1.58. The third-order valence-electron chi connectivity index (χ3n) is 2.86. The van der Waals surface area contributed by atoms with Gasteiger partial charge < -0.3 is 10.2 Å². The lowest BCUT2D eigenvalue weighted by atomic mass is 10.1. The SMILES string of the molecule is N#CCc1cccc(C(=O)N2CCNCC2)c1. The summed E-state index contributed by atoms with van der Waals surface area (Å²) in [5, 5.41) is 11.9. The van der Waals surface area contributed by atoms with E-state index in [1.165, 1.54) is 0 Å². The van der Waals surface area contributed by atoms with Gasteiger partial charge in [-0.2, -0.15) is 5.26 Å². The molecule has 0 aromatic heterocycles. The molecule has 88 valence electrons. The van der Waals surface area contributed by atoms with E-state index < -0.39 is 0 Å². The molecule has 1 N–H and O–H groups in total. The van der Waals surface area contributed by atoms with E-state index in [9.17, 15) is 4.79 Å². The molecule has 2 rings (SSSR count). The number of rotatable bonds is 2. The number of amides is 1. The van der Waals surface area contributed by atoms with Gasteiger partial charge in [-0.3, -0.25) is 4.79 Å². The molecule has 0 bridgehead atoms. The third-order valence-corrected chi connectivity index (χ3v) is 2.86. The number of nitrogens with one attached hydrogen (secondary N) is 1. The molecule has 1 aliphatic rings. The number of piperazine rings is 1. The Bertz CT molecular complexity index is 444. The first-order valence-corrected chi connectivity index (χ1v) is 5.77. The zero-order valence-electron chi connectivity index (χ0n) is 9.65. The van der Waals surface area contributed by atoms with Crippen molar-refractivity contribution in [2.75, 3.05) is 26.2 Å². The topological polar surface area (TPSA) is 56.1 Å². The number of nitrogens with zero attached hydrogens (tertiary/aromatic N) is 2. The van der Waals surface area contributed by atoms with Gasteiger partial charge in [-0.25, -0.2) is 0 Å². The second-order valence-corrected chi connectivity index (χ2v) is 4.08. The van der Waals surface area contributed by atoms with Crippen LogP contribution in [0.5, 0.6) is 0 Å². The molecule has 0 atom stereocenters. The molecule has 0 saturated carbocycles. The summed E-state index contributed by atoms with van der Waals surface area (Å²) in [5.74, 6) is 0.0614. The van der Waals surface area contributed by atoms with E-state index in [0.717, 1.165) is 31.7 Å². The summed E-state index contributed by atoms with van der Waals surface area (Å²) >= 11 is 0. The van der Waals surface area contributed by atoms with Crippen LogP contribution in [-0.4, -0.2) is 37.0 Å². The highest BCUT2D eigenvalue weighted by molar-refractivity contribution is 5.94. The quantitative estimate of drug-likeness (QED) is 0.816. The second-order valence-electron chi connectivity index (χ2n) is 4.08. The summed E-state index contributed by atoms with van der Waals surface area (Å²) < 4.78 is 0. The van der Waals surface area contributed by atoms with Crippen LogP contribution in [0.15, 0.2) is 24.3 Å². The van der Waals surface area contributed by atoms with Gasteiger partial charge in [0.2, 0.25) is 0 Å². The van der Waals surface area contributed by atoms with Crippen molar-refractivity contribution in [3.63, 3.8) is 0 Å². The fourth-order valence-corrected chi connectivity index (χ4v) is 1.96. The van der Waals surface area contributed by atoms with Crippen LogP contribution >= 0.6 is 0 Å². The van der Waals surface area contributed by atoms with Crippen LogP contribution in [0.3, 0.4) is 0 Å². The van der Waals surface area contributed by atoms with E-state index in [0.29, 0.717) is 12.0 Å². The Labute approximate surface area is 101 Å². The largest absolute Gasteiger partial charge is 0.336 e. The molecule has 1 aromatic rings. The summed E-state index contributed by atoms with van der Waals surface area (Å²) in [6.07, 6.45) is 0.350. The van der Waals surface area contributed by atoms with Gasteiger partial charge in [-0.1, -0.05) is 12.1 Å². The molecular weight excluding hydrogens is 214 g/mol. The molecule has 4 nitrogen and oxygen atoms in total. The minimum Gasteiger partial charge on any atom is -0.336 e. The fraction of sp³-hybridized carbons (Fsp3) is 0.385. The number of nitriles is 1. The maximum absolute atomic E-state index is 12.2. The fourth-order valence-electron chi connectivity index (χ4n) is 1.96. The first-order valence-electron chi connectivity index (χ1n) is 5.77. The smallest absolute Gasteiger partial charge is 0.253 e. The Morgan fingerprint density at radius 1 is 1.41 bits per heavy atom. The molecule has 1 aliphatic heterocycles. The minimum absolute atomic E-state index is 0.0614. The van der Waals surface area contributed by atoms with Crippen molar-refractivity contribution in [1.29, 1.82) is 5.26 Å². The zero-order chi connectivity index (χ0) is 12.1. The van der Waals surface area contributed by atoms with Crippen LogP contribution in [0, 0.1) is 11.3 Å². The molecular formula is C13H15N3O. The molecule has 0 aliphatic carbocycles. The first-order chi connectivity index (χ1) is 8.31. The Hall–Kier alpha value is -1.86. The Kier molecular flexibility index (Phi) is 3.73. The van der Waals surface area contributed by atoms with Gasteiger partial charge in [0.05, 0.1) is 12.5 Å². The van der Waals surface area contributed by atoms with E-state index in [-0.39, 0.29) is 5.91 Å². The van der Waals surface area contributed by atoms with Crippen LogP contribution in [0.4, 0.5) is 0 Å². The first kappa shape index (κ1) is 11.6. The van der Waals surface area contributed by atoms with Crippen molar-refractivity contribution < 1.29 is 4.79 Å². The lowest BCUT2D eigenvalue weighted by molar-refractivity contribution is 0.0735. The molecule has 0 radical (unpaired) electrons. The van der Waals surface area contributed by atoms with Gasteiger partial charge in [-0.15, -0.1) is 0 Å². The average Bonchev–Trinajstić information content (AvgIpc) is 2.40. The van der Waals surface area contributed by atoms with Crippen molar-refractivity contribution in [3.8, 4) is 6.07 Å². The van der Waals surface area contributed by atoms with Crippen molar-refractivity contribution in [3.05, 3.63) is 35.4 Å². The van der Waals surface area contributed by atoms with Gasteiger partial charge >= 0.3 is 0 Å². The Morgan fingerprint density at radius 3 is 2.88 bits per heavy atom. The monoisotopic (exact) mass is 229 g/mol. The maximum Gasteiger partial charge on any atom is 0.253 e. The zero-order valence-corrected chi connectivity index (χ0v) is 9.65. The number of hydrogen-bond acceptors (Lipinski definition) is 3. The predicted molar refractivity (Wildman–Crippen MR) is 64.5 cm³/mol. The summed E-state index contributed by atoms with van der Waals surface area (Å²) in [7, 11) is 0. The average molecular weight is 229 g/mol. The molecule has 1 saturated heterocycles. The summed E-state index contributed by atoms with van der Waals surface area (Å²) in [4.78, 5) is 14.0. The highest BCUT2D eigenvalue weighted by Crippen LogP contribution is 2.09. The molecule has 4 heteroatoms. The molecule has 1 fully saturated rings. The Morgan fingerprint density at radius 2 is 2.18 bits per heavy atom. The van der Waals surface area contributed by atoms with Crippen LogP contribution < -0.4 is 5.32 Å². The van der Waals surface area contributed by atoms with E-state index >= 15 is 0 Å². The molecule has 0 spiro atoms. The van der Waals surface area contributed by atoms with E-state index in [1.807, 2.05) is 29.2 Å². The lowest BCUT2D eigenvalue weighted by Gasteiger charge is -2.27. The van der Waals surface area contributed by atoms with E-state index in [2.05, 4.69) is 11.4 Å². The van der Waals surface area contributed by atoms with E-state index in [4.69, 9.17) is 5.26 Å². The van der Waals surface area contributed by atoms with Crippen molar-refractivity contribution in [1.82, 2.24) is 10.2 Å². The van der Waals surface area contributed by atoms with Gasteiger partial charge in [0, 0.05) is 31.7 Å². The molecule has 1 heterocycles. The Balaban J connectivity index is 2.13. The normalized spacial score (nSPS) is 15.4. The van der Waals surface area contributed by atoms with Crippen molar-refractivity contribution in [2.45, 2.75) is 6.42 Å². The molecule has 0 unspecified atom stereocenters. The molecule has 1 amide bonds. The number of carbonyl (C=O) groups is 1. The van der Waals surface area contributed by atoms with Crippen LogP contribution in [0.1, 0.15) is 15.9 Å². The third kappa shape index (κ3) is 2.83. The lowest BCUT2D eigenvalue weighted by Crippen LogP contribution is -2.46. The van der Waals surface area contributed by atoms with Gasteiger partial charge in [0.25, 0.3) is 5.91 Å². The number of benzene rings is 1. The molecule has 17 heavy (non-hydrogen) atoms. The van der Waals surface area contributed by atoms with Crippen LogP contribution in [0.25, 0.3) is 0 Å². The molecule has 1 aromatic carbocycles.